The van der Waals surface area contributed by atoms with Crippen LogP contribution in [0.5, 0.6) is 0 Å². The second-order valence-corrected chi connectivity index (χ2v) is 7.64. The van der Waals surface area contributed by atoms with Gasteiger partial charge in [-0.2, -0.15) is 0 Å². The van der Waals surface area contributed by atoms with Gasteiger partial charge in [0.05, 0.1) is 17.0 Å². The predicted octanol–water partition coefficient (Wildman–Crippen LogP) is 3.16. The van der Waals surface area contributed by atoms with Crippen LogP contribution in [0.1, 0.15) is 42.2 Å². The zero-order valence-electron chi connectivity index (χ0n) is 15.7. The van der Waals surface area contributed by atoms with E-state index in [1.165, 1.54) is 12.1 Å². The van der Waals surface area contributed by atoms with Gasteiger partial charge in [0.2, 0.25) is 5.91 Å². The lowest BCUT2D eigenvalue weighted by Crippen LogP contribution is -2.48. The van der Waals surface area contributed by atoms with Crippen LogP contribution in [-0.4, -0.2) is 52.3 Å². The number of amides is 2. The first-order valence-corrected chi connectivity index (χ1v) is 9.64. The monoisotopic (exact) mass is 369 g/mol. The van der Waals surface area contributed by atoms with E-state index in [4.69, 9.17) is 0 Å². The zero-order chi connectivity index (χ0) is 19.1. The van der Waals surface area contributed by atoms with Crippen LogP contribution in [0.25, 0.3) is 10.9 Å². The fraction of sp³-hybridized carbons (Fsp3) is 0.476. The number of carbonyl (C=O) groups excluding carboxylic acids is 2. The number of pyridine rings is 1. The minimum atomic E-state index is -0.368. The Bertz CT molecular complexity index is 908. The van der Waals surface area contributed by atoms with Gasteiger partial charge in [-0.3, -0.25) is 14.6 Å². The van der Waals surface area contributed by atoms with Crippen molar-refractivity contribution in [2.24, 2.45) is 5.92 Å². The molecule has 0 aliphatic carbocycles. The number of piperidine rings is 1. The number of hydrogen-bond acceptors (Lipinski definition) is 3. The molecule has 5 nitrogen and oxygen atoms in total. The van der Waals surface area contributed by atoms with Gasteiger partial charge >= 0.3 is 0 Å². The molecule has 2 atom stereocenters. The number of benzene rings is 1. The number of fused-ring (bicyclic) bond motifs is 5. The standard InChI is InChI=1S/C21H24FN3O2/c1-3-8-25-16-6-4-14(20(25)26)11-24(12-16)21(27)18-9-13(2)23-19-10-15(22)5-7-17(18)19/h5,7,9-10,14,16H,3-4,6,8,11-12H2,1-2H3/t14-,16+/m0/s1. The molecule has 27 heavy (non-hydrogen) atoms. The van der Waals surface area contributed by atoms with Crippen LogP contribution in [0, 0.1) is 18.7 Å². The minimum absolute atomic E-state index is 0.0896. The highest BCUT2D eigenvalue weighted by molar-refractivity contribution is 6.06. The number of carbonyl (C=O) groups is 2. The van der Waals surface area contributed by atoms with Crippen LogP contribution in [0.2, 0.25) is 0 Å². The van der Waals surface area contributed by atoms with Gasteiger partial charge in [-0.15, -0.1) is 0 Å². The van der Waals surface area contributed by atoms with E-state index in [1.807, 2.05) is 9.80 Å². The predicted molar refractivity (Wildman–Crippen MR) is 101 cm³/mol. The number of aromatic nitrogens is 1. The lowest BCUT2D eigenvalue weighted by Gasteiger charge is -2.35. The molecule has 6 heteroatoms. The second-order valence-electron chi connectivity index (χ2n) is 7.64. The number of rotatable bonds is 3. The first kappa shape index (κ1) is 17.9. The molecule has 0 unspecified atom stereocenters. The van der Waals surface area contributed by atoms with E-state index in [-0.39, 0.29) is 29.6 Å². The van der Waals surface area contributed by atoms with Gasteiger partial charge in [0, 0.05) is 42.8 Å². The summed E-state index contributed by atoms with van der Waals surface area (Å²) in [6.07, 6.45) is 2.71. The summed E-state index contributed by atoms with van der Waals surface area (Å²) in [6.45, 7) is 5.64. The van der Waals surface area contributed by atoms with Crippen LogP contribution in [0.15, 0.2) is 24.3 Å². The van der Waals surface area contributed by atoms with Crippen LogP contribution in [0.4, 0.5) is 4.39 Å². The summed E-state index contributed by atoms with van der Waals surface area (Å²) in [5.74, 6) is -0.403. The lowest BCUT2D eigenvalue weighted by molar-refractivity contribution is -0.139. The molecule has 2 amide bonds. The summed E-state index contributed by atoms with van der Waals surface area (Å²) in [7, 11) is 0. The molecule has 3 fully saturated rings. The quantitative estimate of drug-likeness (QED) is 0.835. The first-order chi connectivity index (χ1) is 13.0. The van der Waals surface area contributed by atoms with Crippen molar-refractivity contribution in [2.45, 2.75) is 39.2 Å². The Kier molecular flexibility index (Phi) is 4.58. The Hall–Kier alpha value is -2.50. The number of halogens is 1. The van der Waals surface area contributed by atoms with Gasteiger partial charge in [0.15, 0.2) is 0 Å². The molecular weight excluding hydrogens is 345 g/mol. The molecule has 0 spiro atoms. The van der Waals surface area contributed by atoms with E-state index in [9.17, 15) is 14.0 Å². The van der Waals surface area contributed by atoms with Crippen molar-refractivity contribution in [3.05, 3.63) is 41.3 Å². The average Bonchev–Trinajstić information content (AvgIpc) is 2.93. The highest BCUT2D eigenvalue weighted by atomic mass is 19.1. The van der Waals surface area contributed by atoms with Gasteiger partial charge in [-0.05, 0) is 44.4 Å². The van der Waals surface area contributed by atoms with Gasteiger partial charge in [0.1, 0.15) is 5.82 Å². The summed E-state index contributed by atoms with van der Waals surface area (Å²) >= 11 is 0. The summed E-state index contributed by atoms with van der Waals surface area (Å²) < 4.78 is 13.6. The maximum absolute atomic E-state index is 13.6. The first-order valence-electron chi connectivity index (χ1n) is 9.64. The van der Waals surface area contributed by atoms with Crippen LogP contribution in [0.3, 0.4) is 0 Å². The average molecular weight is 369 g/mol. The minimum Gasteiger partial charge on any atom is -0.338 e. The molecule has 1 aromatic heterocycles. The summed E-state index contributed by atoms with van der Waals surface area (Å²) in [5.41, 5.74) is 1.70. The van der Waals surface area contributed by atoms with Crippen molar-refractivity contribution in [2.75, 3.05) is 19.6 Å². The van der Waals surface area contributed by atoms with E-state index < -0.39 is 0 Å². The molecule has 3 aliphatic heterocycles. The SMILES string of the molecule is CCCN1C(=O)[C@H]2CC[C@@H]1CN(C(=O)c1cc(C)nc3cc(F)ccc13)C2. The fourth-order valence-corrected chi connectivity index (χ4v) is 4.42. The molecule has 0 N–H and O–H groups in total. The molecule has 2 aromatic rings. The molecule has 3 saturated heterocycles. The maximum atomic E-state index is 13.6. The Balaban J connectivity index is 1.70. The molecule has 3 aliphatic rings. The number of hydrogen-bond donors (Lipinski definition) is 0. The third kappa shape index (κ3) is 3.17. The van der Waals surface area contributed by atoms with Crippen molar-refractivity contribution < 1.29 is 14.0 Å². The molecular formula is C21H24FN3O2. The Labute approximate surface area is 158 Å². The van der Waals surface area contributed by atoms with Gasteiger partial charge < -0.3 is 9.80 Å². The third-order valence-corrected chi connectivity index (χ3v) is 5.68. The van der Waals surface area contributed by atoms with Gasteiger partial charge in [-0.25, -0.2) is 4.39 Å². The van der Waals surface area contributed by atoms with Crippen LogP contribution >= 0.6 is 0 Å². The van der Waals surface area contributed by atoms with Crippen molar-refractivity contribution in [1.29, 1.82) is 0 Å². The van der Waals surface area contributed by atoms with Crippen molar-refractivity contribution in [3.8, 4) is 0 Å². The van der Waals surface area contributed by atoms with E-state index in [1.54, 1.807) is 19.1 Å². The normalized spacial score (nSPS) is 22.4. The molecule has 0 saturated carbocycles. The molecule has 5 rings (SSSR count). The third-order valence-electron chi connectivity index (χ3n) is 5.68. The number of nitrogens with zero attached hydrogens (tertiary/aromatic N) is 3. The Morgan fingerprint density at radius 1 is 1.26 bits per heavy atom. The Morgan fingerprint density at radius 2 is 2.07 bits per heavy atom. The van der Waals surface area contributed by atoms with Crippen LogP contribution < -0.4 is 0 Å². The van der Waals surface area contributed by atoms with Gasteiger partial charge in [0.25, 0.3) is 5.91 Å². The summed E-state index contributed by atoms with van der Waals surface area (Å²) in [4.78, 5) is 34.2. The van der Waals surface area contributed by atoms with E-state index in [2.05, 4.69) is 11.9 Å². The van der Waals surface area contributed by atoms with E-state index >= 15 is 0 Å². The topological polar surface area (TPSA) is 53.5 Å². The zero-order valence-corrected chi connectivity index (χ0v) is 15.7. The van der Waals surface area contributed by atoms with Crippen molar-refractivity contribution >= 4 is 22.7 Å². The molecule has 4 heterocycles. The largest absolute Gasteiger partial charge is 0.338 e. The molecule has 1 aromatic carbocycles. The summed E-state index contributed by atoms with van der Waals surface area (Å²) in [6, 6.07) is 6.19. The van der Waals surface area contributed by atoms with E-state index in [0.29, 0.717) is 35.2 Å². The van der Waals surface area contributed by atoms with Gasteiger partial charge in [-0.1, -0.05) is 6.92 Å². The lowest BCUT2D eigenvalue weighted by atomic mass is 9.94. The molecule has 0 radical (unpaired) electrons. The smallest absolute Gasteiger partial charge is 0.254 e. The van der Waals surface area contributed by atoms with Crippen LogP contribution in [-0.2, 0) is 4.79 Å². The Morgan fingerprint density at radius 3 is 2.85 bits per heavy atom. The number of aryl methyl sites for hydroxylation is 1. The molecule has 2 bridgehead atoms. The highest BCUT2D eigenvalue weighted by Crippen LogP contribution is 2.31. The second kappa shape index (κ2) is 6.91. The van der Waals surface area contributed by atoms with E-state index in [0.717, 1.165) is 25.8 Å². The van der Waals surface area contributed by atoms with Crippen molar-refractivity contribution in [3.63, 3.8) is 0 Å². The summed E-state index contributed by atoms with van der Waals surface area (Å²) in [5, 5.41) is 0.653. The highest BCUT2D eigenvalue weighted by Gasteiger charge is 2.41. The maximum Gasteiger partial charge on any atom is 0.254 e. The fourth-order valence-electron chi connectivity index (χ4n) is 4.42. The molecule has 142 valence electrons. The van der Waals surface area contributed by atoms with Crippen molar-refractivity contribution in [1.82, 2.24) is 14.8 Å².